The number of halogens is 1. The van der Waals surface area contributed by atoms with Crippen LogP contribution in [0, 0.1) is 0 Å². The number of aliphatic hydroxyl groups excluding tert-OH is 1. The Labute approximate surface area is 69.8 Å². The summed E-state index contributed by atoms with van der Waals surface area (Å²) in [6.07, 6.45) is 2.36. The Kier molecular flexibility index (Phi) is 2.82. The van der Waals surface area contributed by atoms with E-state index in [-0.39, 0.29) is 6.54 Å². The third-order valence-electron chi connectivity index (χ3n) is 1.39. The number of hydrogen-bond donors (Lipinski definition) is 2. The van der Waals surface area contributed by atoms with Crippen molar-refractivity contribution in [1.29, 1.82) is 0 Å². The first-order valence-corrected chi connectivity index (χ1v) is 3.61. The molecule has 3 nitrogen and oxygen atoms in total. The second-order valence-electron chi connectivity index (χ2n) is 2.15. The predicted octanol–water partition coefficient (Wildman–Crippen LogP) is 0.727. The number of rotatable bonds is 2. The summed E-state index contributed by atoms with van der Waals surface area (Å²) in [7, 11) is 0. The van der Waals surface area contributed by atoms with Crippen LogP contribution in [-0.2, 0) is 0 Å². The van der Waals surface area contributed by atoms with Gasteiger partial charge in [-0.25, -0.2) is 0 Å². The summed E-state index contributed by atoms with van der Waals surface area (Å²) in [5, 5.41) is 9.72. The number of nitrogens with zero attached hydrogens (tertiary/aromatic N) is 1. The van der Waals surface area contributed by atoms with Crippen LogP contribution in [0.4, 0.5) is 0 Å². The molecular weight excluding hydrogens is 164 g/mol. The van der Waals surface area contributed by atoms with Gasteiger partial charge in [-0.2, -0.15) is 0 Å². The van der Waals surface area contributed by atoms with Crippen LogP contribution in [-0.4, -0.2) is 16.6 Å². The minimum atomic E-state index is -0.689. The first-order valence-electron chi connectivity index (χ1n) is 3.23. The van der Waals surface area contributed by atoms with Crippen molar-refractivity contribution in [1.82, 2.24) is 4.98 Å². The van der Waals surface area contributed by atoms with E-state index in [0.717, 1.165) is 0 Å². The fourth-order valence-corrected chi connectivity index (χ4v) is 1.03. The van der Waals surface area contributed by atoms with Gasteiger partial charge in [0, 0.05) is 24.5 Å². The molecule has 1 unspecified atom stereocenters. The fourth-order valence-electron chi connectivity index (χ4n) is 0.783. The van der Waals surface area contributed by atoms with Gasteiger partial charge in [0.05, 0.1) is 11.1 Å². The van der Waals surface area contributed by atoms with Crippen LogP contribution in [0.25, 0.3) is 0 Å². The Hall–Kier alpha value is -0.640. The molecule has 1 aromatic rings. The SMILES string of the molecule is NCC(O)c1ccncc1Cl. The smallest absolute Gasteiger partial charge is 0.0927 e. The molecule has 60 valence electrons. The van der Waals surface area contributed by atoms with Gasteiger partial charge in [-0.15, -0.1) is 0 Å². The van der Waals surface area contributed by atoms with E-state index in [1.807, 2.05) is 0 Å². The monoisotopic (exact) mass is 172 g/mol. The van der Waals surface area contributed by atoms with E-state index in [9.17, 15) is 5.11 Å². The zero-order chi connectivity index (χ0) is 8.27. The molecule has 3 N–H and O–H groups in total. The number of hydrogen-bond acceptors (Lipinski definition) is 3. The predicted molar refractivity (Wildman–Crippen MR) is 43.3 cm³/mol. The van der Waals surface area contributed by atoms with Gasteiger partial charge in [-0.05, 0) is 6.07 Å². The van der Waals surface area contributed by atoms with Gasteiger partial charge in [-0.3, -0.25) is 4.98 Å². The van der Waals surface area contributed by atoms with Crippen LogP contribution >= 0.6 is 11.6 Å². The molecule has 4 heteroatoms. The van der Waals surface area contributed by atoms with E-state index in [1.165, 1.54) is 6.20 Å². The second-order valence-corrected chi connectivity index (χ2v) is 2.56. The van der Waals surface area contributed by atoms with Crippen LogP contribution in [0.1, 0.15) is 11.7 Å². The summed E-state index contributed by atoms with van der Waals surface area (Å²) in [6.45, 7) is 0.170. The van der Waals surface area contributed by atoms with Gasteiger partial charge in [0.15, 0.2) is 0 Å². The average Bonchev–Trinajstić information content (AvgIpc) is 2.04. The van der Waals surface area contributed by atoms with Gasteiger partial charge in [0.25, 0.3) is 0 Å². The summed E-state index contributed by atoms with van der Waals surface area (Å²) in [6, 6.07) is 1.65. The molecule has 0 aliphatic heterocycles. The van der Waals surface area contributed by atoms with Crippen LogP contribution in [0.5, 0.6) is 0 Å². The molecule has 0 bridgehead atoms. The van der Waals surface area contributed by atoms with E-state index in [1.54, 1.807) is 12.3 Å². The highest BCUT2D eigenvalue weighted by molar-refractivity contribution is 6.31. The minimum absolute atomic E-state index is 0.170. The standard InChI is InChI=1S/C7H9ClN2O/c8-6-4-10-2-1-5(6)7(11)3-9/h1-2,4,7,11H,3,9H2. The highest BCUT2D eigenvalue weighted by Gasteiger charge is 2.07. The third-order valence-corrected chi connectivity index (χ3v) is 1.70. The van der Waals surface area contributed by atoms with Crippen molar-refractivity contribution in [2.45, 2.75) is 6.10 Å². The number of pyridine rings is 1. The van der Waals surface area contributed by atoms with Crippen molar-refractivity contribution >= 4 is 11.6 Å². The summed E-state index contributed by atoms with van der Waals surface area (Å²) in [5.41, 5.74) is 5.87. The number of aromatic nitrogens is 1. The summed E-state index contributed by atoms with van der Waals surface area (Å²) < 4.78 is 0. The molecule has 0 aliphatic rings. The van der Waals surface area contributed by atoms with Gasteiger partial charge in [0.2, 0.25) is 0 Å². The molecule has 0 aliphatic carbocycles. The zero-order valence-electron chi connectivity index (χ0n) is 5.87. The lowest BCUT2D eigenvalue weighted by Crippen LogP contribution is -2.11. The van der Waals surface area contributed by atoms with Gasteiger partial charge in [0.1, 0.15) is 0 Å². The van der Waals surface area contributed by atoms with E-state index >= 15 is 0 Å². The molecule has 0 fully saturated rings. The van der Waals surface area contributed by atoms with Crippen molar-refractivity contribution < 1.29 is 5.11 Å². The number of aliphatic hydroxyl groups is 1. The summed E-state index contributed by atoms with van der Waals surface area (Å²) >= 11 is 5.72. The zero-order valence-corrected chi connectivity index (χ0v) is 6.62. The lowest BCUT2D eigenvalue weighted by atomic mass is 10.1. The molecule has 0 saturated carbocycles. The van der Waals surface area contributed by atoms with Crippen molar-refractivity contribution in [2.24, 2.45) is 5.73 Å². The molecule has 1 aromatic heterocycles. The van der Waals surface area contributed by atoms with Crippen molar-refractivity contribution in [3.63, 3.8) is 0 Å². The van der Waals surface area contributed by atoms with Crippen molar-refractivity contribution in [3.8, 4) is 0 Å². The quantitative estimate of drug-likeness (QED) is 0.692. The maximum atomic E-state index is 9.27. The highest BCUT2D eigenvalue weighted by Crippen LogP contribution is 2.19. The fraction of sp³-hybridized carbons (Fsp3) is 0.286. The molecule has 0 saturated heterocycles. The first kappa shape index (κ1) is 8.46. The summed E-state index contributed by atoms with van der Waals surface area (Å²) in [4.78, 5) is 3.78. The van der Waals surface area contributed by atoms with Gasteiger partial charge < -0.3 is 10.8 Å². The Bertz CT molecular complexity index is 242. The second kappa shape index (κ2) is 3.67. The van der Waals surface area contributed by atoms with Gasteiger partial charge in [-0.1, -0.05) is 11.6 Å². The van der Waals surface area contributed by atoms with Crippen molar-refractivity contribution in [3.05, 3.63) is 29.0 Å². The molecule has 11 heavy (non-hydrogen) atoms. The highest BCUT2D eigenvalue weighted by atomic mass is 35.5. The van der Waals surface area contributed by atoms with Gasteiger partial charge >= 0.3 is 0 Å². The topological polar surface area (TPSA) is 59.1 Å². The maximum Gasteiger partial charge on any atom is 0.0927 e. The largest absolute Gasteiger partial charge is 0.387 e. The Morgan fingerprint density at radius 1 is 1.73 bits per heavy atom. The van der Waals surface area contributed by atoms with E-state index in [2.05, 4.69) is 4.98 Å². The molecule has 1 heterocycles. The molecule has 0 aromatic carbocycles. The maximum absolute atomic E-state index is 9.27. The van der Waals surface area contributed by atoms with Crippen LogP contribution < -0.4 is 5.73 Å². The molecular formula is C7H9ClN2O. The molecule has 0 radical (unpaired) electrons. The average molecular weight is 173 g/mol. The normalized spacial score (nSPS) is 13.0. The Morgan fingerprint density at radius 3 is 3.00 bits per heavy atom. The van der Waals surface area contributed by atoms with Crippen LogP contribution in [0.15, 0.2) is 18.5 Å². The van der Waals surface area contributed by atoms with Crippen LogP contribution in [0.2, 0.25) is 5.02 Å². The van der Waals surface area contributed by atoms with E-state index < -0.39 is 6.10 Å². The first-order chi connectivity index (χ1) is 5.25. The number of nitrogens with two attached hydrogens (primary N) is 1. The molecule has 1 atom stereocenters. The van der Waals surface area contributed by atoms with Crippen molar-refractivity contribution in [2.75, 3.05) is 6.54 Å². The summed E-state index contributed by atoms with van der Waals surface area (Å²) in [5.74, 6) is 0. The van der Waals surface area contributed by atoms with Crippen LogP contribution in [0.3, 0.4) is 0 Å². The Morgan fingerprint density at radius 2 is 2.45 bits per heavy atom. The Balaban J connectivity index is 2.93. The lowest BCUT2D eigenvalue weighted by Gasteiger charge is -2.08. The third kappa shape index (κ3) is 1.89. The van der Waals surface area contributed by atoms with E-state index in [0.29, 0.717) is 10.6 Å². The molecule has 0 spiro atoms. The molecule has 1 rings (SSSR count). The van der Waals surface area contributed by atoms with E-state index in [4.69, 9.17) is 17.3 Å². The molecule has 0 amide bonds. The lowest BCUT2D eigenvalue weighted by molar-refractivity contribution is 0.187. The minimum Gasteiger partial charge on any atom is -0.387 e.